The van der Waals surface area contributed by atoms with Crippen molar-refractivity contribution in [3.8, 4) is 5.75 Å². The second-order valence-electron chi connectivity index (χ2n) is 3.20. The number of pyridine rings is 1. The SMILES string of the molecule is Fc1cccc(OCc2cccnc2)c1F. The number of hydrogen-bond acceptors (Lipinski definition) is 2. The van der Waals surface area contributed by atoms with Crippen LogP contribution in [0.5, 0.6) is 5.75 Å². The van der Waals surface area contributed by atoms with E-state index in [2.05, 4.69) is 4.98 Å². The van der Waals surface area contributed by atoms with Crippen molar-refractivity contribution in [3.63, 3.8) is 0 Å². The largest absolute Gasteiger partial charge is 0.486 e. The molecule has 1 aromatic carbocycles. The molecule has 4 heteroatoms. The van der Waals surface area contributed by atoms with Crippen LogP contribution in [0.1, 0.15) is 5.56 Å². The van der Waals surface area contributed by atoms with E-state index in [0.29, 0.717) is 0 Å². The molecule has 2 nitrogen and oxygen atoms in total. The van der Waals surface area contributed by atoms with E-state index in [0.717, 1.165) is 11.6 Å². The van der Waals surface area contributed by atoms with Crippen molar-refractivity contribution < 1.29 is 13.5 Å². The third-order valence-electron chi connectivity index (χ3n) is 2.03. The van der Waals surface area contributed by atoms with E-state index in [1.54, 1.807) is 24.5 Å². The monoisotopic (exact) mass is 221 g/mol. The molecule has 2 aromatic rings. The first-order chi connectivity index (χ1) is 7.77. The summed E-state index contributed by atoms with van der Waals surface area (Å²) in [5.41, 5.74) is 0.797. The second kappa shape index (κ2) is 4.70. The highest BCUT2D eigenvalue weighted by atomic mass is 19.2. The molecule has 16 heavy (non-hydrogen) atoms. The molecule has 0 fully saturated rings. The fourth-order valence-electron chi connectivity index (χ4n) is 1.24. The number of hydrogen-bond donors (Lipinski definition) is 0. The van der Waals surface area contributed by atoms with Crippen LogP contribution in [0.25, 0.3) is 0 Å². The molecule has 2 rings (SSSR count). The van der Waals surface area contributed by atoms with Gasteiger partial charge in [0, 0.05) is 18.0 Å². The molecular weight excluding hydrogens is 212 g/mol. The summed E-state index contributed by atoms with van der Waals surface area (Å²) >= 11 is 0. The van der Waals surface area contributed by atoms with Crippen LogP contribution in [0.3, 0.4) is 0 Å². The van der Waals surface area contributed by atoms with Gasteiger partial charge in [0.15, 0.2) is 11.6 Å². The Morgan fingerprint density at radius 1 is 1.12 bits per heavy atom. The predicted molar refractivity (Wildman–Crippen MR) is 54.9 cm³/mol. The minimum Gasteiger partial charge on any atom is -0.486 e. The van der Waals surface area contributed by atoms with E-state index in [-0.39, 0.29) is 12.4 Å². The summed E-state index contributed by atoms with van der Waals surface area (Å²) in [6.45, 7) is 0.161. The van der Waals surface area contributed by atoms with Gasteiger partial charge in [-0.25, -0.2) is 4.39 Å². The van der Waals surface area contributed by atoms with Crippen LogP contribution >= 0.6 is 0 Å². The first-order valence-corrected chi connectivity index (χ1v) is 4.73. The van der Waals surface area contributed by atoms with Crippen molar-refractivity contribution in [1.29, 1.82) is 0 Å². The van der Waals surface area contributed by atoms with Crippen LogP contribution in [0.4, 0.5) is 8.78 Å². The van der Waals surface area contributed by atoms with E-state index in [9.17, 15) is 8.78 Å². The maximum atomic E-state index is 13.2. The molecule has 1 heterocycles. The molecule has 82 valence electrons. The summed E-state index contributed by atoms with van der Waals surface area (Å²) < 4.78 is 31.2. The molecule has 1 aromatic heterocycles. The minimum absolute atomic E-state index is 0.0937. The number of aromatic nitrogens is 1. The lowest BCUT2D eigenvalue weighted by atomic mass is 10.3. The van der Waals surface area contributed by atoms with Gasteiger partial charge in [-0.3, -0.25) is 4.98 Å². The number of nitrogens with zero attached hydrogens (tertiary/aromatic N) is 1. The fourth-order valence-corrected chi connectivity index (χ4v) is 1.24. The molecule has 0 aliphatic rings. The number of benzene rings is 1. The normalized spacial score (nSPS) is 10.1. The molecule has 0 aliphatic heterocycles. The molecule has 0 unspecified atom stereocenters. The van der Waals surface area contributed by atoms with Gasteiger partial charge in [0.25, 0.3) is 0 Å². The van der Waals surface area contributed by atoms with Gasteiger partial charge < -0.3 is 4.74 Å². The third-order valence-corrected chi connectivity index (χ3v) is 2.03. The highest BCUT2D eigenvalue weighted by Crippen LogP contribution is 2.20. The zero-order valence-corrected chi connectivity index (χ0v) is 8.36. The number of ether oxygens (including phenoxy) is 1. The Morgan fingerprint density at radius 2 is 2.00 bits per heavy atom. The summed E-state index contributed by atoms with van der Waals surface area (Å²) in [6.07, 6.45) is 3.24. The van der Waals surface area contributed by atoms with E-state index in [1.165, 1.54) is 12.1 Å². The van der Waals surface area contributed by atoms with Crippen molar-refractivity contribution in [2.75, 3.05) is 0 Å². The Kier molecular flexibility index (Phi) is 3.10. The summed E-state index contributed by atoms with van der Waals surface area (Å²) in [5.74, 6) is -1.97. The fraction of sp³-hybridized carbons (Fsp3) is 0.0833. The maximum absolute atomic E-state index is 13.2. The molecule has 0 bridgehead atoms. The van der Waals surface area contributed by atoms with Crippen molar-refractivity contribution in [2.45, 2.75) is 6.61 Å². The van der Waals surface area contributed by atoms with Crippen LogP contribution in [0.2, 0.25) is 0 Å². The first-order valence-electron chi connectivity index (χ1n) is 4.73. The zero-order valence-electron chi connectivity index (χ0n) is 8.36. The van der Waals surface area contributed by atoms with Gasteiger partial charge in [0.2, 0.25) is 5.82 Å². The zero-order chi connectivity index (χ0) is 11.4. The summed E-state index contributed by atoms with van der Waals surface area (Å²) in [5, 5.41) is 0. The van der Waals surface area contributed by atoms with Crippen LogP contribution in [0, 0.1) is 11.6 Å². The Hall–Kier alpha value is -1.97. The summed E-state index contributed by atoms with van der Waals surface area (Å²) in [7, 11) is 0. The average Bonchev–Trinajstić information content (AvgIpc) is 2.32. The molecule has 0 N–H and O–H groups in total. The van der Waals surface area contributed by atoms with Gasteiger partial charge >= 0.3 is 0 Å². The molecule has 0 saturated heterocycles. The van der Waals surface area contributed by atoms with Gasteiger partial charge in [-0.1, -0.05) is 12.1 Å². The van der Waals surface area contributed by atoms with E-state index in [4.69, 9.17) is 4.74 Å². The van der Waals surface area contributed by atoms with E-state index < -0.39 is 11.6 Å². The Bertz CT molecular complexity index is 474. The Morgan fingerprint density at radius 3 is 2.75 bits per heavy atom. The molecule has 0 spiro atoms. The van der Waals surface area contributed by atoms with Gasteiger partial charge in [-0.05, 0) is 18.2 Å². The molecule has 0 aliphatic carbocycles. The van der Waals surface area contributed by atoms with Crippen molar-refractivity contribution in [1.82, 2.24) is 4.98 Å². The molecule has 0 amide bonds. The van der Waals surface area contributed by atoms with Gasteiger partial charge in [0.05, 0.1) is 0 Å². The molecule has 0 saturated carbocycles. The van der Waals surface area contributed by atoms with Crippen LogP contribution in [0.15, 0.2) is 42.7 Å². The third kappa shape index (κ3) is 2.34. The topological polar surface area (TPSA) is 22.1 Å². The highest BCUT2D eigenvalue weighted by molar-refractivity contribution is 5.25. The second-order valence-corrected chi connectivity index (χ2v) is 3.20. The quantitative estimate of drug-likeness (QED) is 0.795. The van der Waals surface area contributed by atoms with Crippen LogP contribution < -0.4 is 4.74 Å². The Labute approximate surface area is 91.5 Å². The smallest absolute Gasteiger partial charge is 0.200 e. The van der Waals surface area contributed by atoms with Crippen LogP contribution in [-0.2, 0) is 6.61 Å². The van der Waals surface area contributed by atoms with E-state index >= 15 is 0 Å². The number of rotatable bonds is 3. The Balaban J connectivity index is 2.08. The predicted octanol–water partition coefficient (Wildman–Crippen LogP) is 2.94. The lowest BCUT2D eigenvalue weighted by Gasteiger charge is -2.06. The molecule has 0 radical (unpaired) electrons. The lowest BCUT2D eigenvalue weighted by Crippen LogP contribution is -1.98. The van der Waals surface area contributed by atoms with Crippen molar-refractivity contribution in [2.24, 2.45) is 0 Å². The highest BCUT2D eigenvalue weighted by Gasteiger charge is 2.08. The summed E-state index contributed by atoms with van der Waals surface area (Å²) in [6, 6.07) is 7.38. The standard InChI is InChI=1S/C12H9F2NO/c13-10-4-1-5-11(12(10)14)16-8-9-3-2-6-15-7-9/h1-7H,8H2. The lowest BCUT2D eigenvalue weighted by molar-refractivity contribution is 0.284. The van der Waals surface area contributed by atoms with Gasteiger partial charge in [-0.2, -0.15) is 4.39 Å². The van der Waals surface area contributed by atoms with Gasteiger partial charge in [-0.15, -0.1) is 0 Å². The average molecular weight is 221 g/mol. The maximum Gasteiger partial charge on any atom is 0.200 e. The molecule has 0 atom stereocenters. The van der Waals surface area contributed by atoms with Gasteiger partial charge in [0.1, 0.15) is 6.61 Å². The summed E-state index contributed by atoms with van der Waals surface area (Å²) in [4.78, 5) is 3.89. The van der Waals surface area contributed by atoms with Crippen molar-refractivity contribution in [3.05, 3.63) is 59.9 Å². The molecular formula is C12H9F2NO. The minimum atomic E-state index is -0.966. The van der Waals surface area contributed by atoms with E-state index in [1.807, 2.05) is 0 Å². The number of halogens is 2. The first kappa shape index (κ1) is 10.5. The van der Waals surface area contributed by atoms with Crippen LogP contribution in [-0.4, -0.2) is 4.98 Å². The van der Waals surface area contributed by atoms with Crippen molar-refractivity contribution >= 4 is 0 Å².